The number of hydrogen-bond donors (Lipinski definition) is 0. The van der Waals surface area contributed by atoms with Crippen molar-refractivity contribution in [2.45, 2.75) is 64.7 Å². The third-order valence-corrected chi connectivity index (χ3v) is 3.52. The predicted octanol–water partition coefficient (Wildman–Crippen LogP) is 7.14. The maximum Gasteiger partial charge on any atom is 0.00342 e. The Labute approximate surface area is 134 Å². The molecule has 1 heteroatoms. The van der Waals surface area contributed by atoms with Gasteiger partial charge in [0.1, 0.15) is 0 Å². The summed E-state index contributed by atoms with van der Waals surface area (Å²) < 4.78 is 0. The number of unbranched alkanes of at least 4 members (excludes halogenated alkanes) is 4. The van der Waals surface area contributed by atoms with E-state index in [1.807, 2.05) is 0 Å². The van der Waals surface area contributed by atoms with E-state index in [0.29, 0.717) is 0 Å². The topological polar surface area (TPSA) is 0 Å². The number of alkyl halides is 1. The molecule has 0 aromatic heterocycles. The molecule has 0 saturated heterocycles. The van der Waals surface area contributed by atoms with Crippen LogP contribution in [0.5, 0.6) is 0 Å². The molecule has 0 aromatic carbocycles. The fourth-order valence-electron chi connectivity index (χ4n) is 1.76. The number of halogens is 1. The van der Waals surface area contributed by atoms with Crippen molar-refractivity contribution < 1.29 is 0 Å². The molecule has 0 rings (SSSR count). The van der Waals surface area contributed by atoms with Gasteiger partial charge in [0.15, 0.2) is 0 Å². The SMILES string of the molecule is CCCCC/C=C\C/C=C/C/C=C\C/C=C\CCCBr. The third kappa shape index (κ3) is 17.4. The Morgan fingerprint density at radius 3 is 1.50 bits per heavy atom. The van der Waals surface area contributed by atoms with E-state index in [1.54, 1.807) is 0 Å². The van der Waals surface area contributed by atoms with E-state index in [2.05, 4.69) is 71.5 Å². The summed E-state index contributed by atoms with van der Waals surface area (Å²) in [5.41, 5.74) is 0. The summed E-state index contributed by atoms with van der Waals surface area (Å²) in [7, 11) is 0. The lowest BCUT2D eigenvalue weighted by molar-refractivity contribution is 0.728. The van der Waals surface area contributed by atoms with Gasteiger partial charge >= 0.3 is 0 Å². The molecule has 20 heavy (non-hydrogen) atoms. The Kier molecular flexibility index (Phi) is 17.9. The van der Waals surface area contributed by atoms with Crippen molar-refractivity contribution in [3.05, 3.63) is 48.6 Å². The molecular weight excluding hydrogens is 308 g/mol. The summed E-state index contributed by atoms with van der Waals surface area (Å²) in [4.78, 5) is 0. The Morgan fingerprint density at radius 2 is 1.05 bits per heavy atom. The minimum absolute atomic E-state index is 1.05. The number of hydrogen-bond acceptors (Lipinski definition) is 0. The summed E-state index contributed by atoms with van der Waals surface area (Å²) >= 11 is 3.43. The molecule has 0 aliphatic rings. The van der Waals surface area contributed by atoms with Crippen molar-refractivity contribution in [3.8, 4) is 0 Å². The van der Waals surface area contributed by atoms with Gasteiger partial charge in [0.25, 0.3) is 0 Å². The van der Waals surface area contributed by atoms with Crippen LogP contribution >= 0.6 is 15.9 Å². The van der Waals surface area contributed by atoms with Crippen LogP contribution in [0.2, 0.25) is 0 Å². The predicted molar refractivity (Wildman–Crippen MR) is 97.6 cm³/mol. The molecule has 0 nitrogen and oxygen atoms in total. The Morgan fingerprint density at radius 1 is 0.600 bits per heavy atom. The lowest BCUT2D eigenvalue weighted by Crippen LogP contribution is -1.70. The third-order valence-electron chi connectivity index (χ3n) is 2.96. The van der Waals surface area contributed by atoms with Crippen LogP contribution in [-0.4, -0.2) is 5.33 Å². The van der Waals surface area contributed by atoms with Crippen molar-refractivity contribution >= 4 is 15.9 Å². The normalized spacial score (nSPS) is 12.7. The van der Waals surface area contributed by atoms with Crippen molar-refractivity contribution in [1.29, 1.82) is 0 Å². The smallest absolute Gasteiger partial charge is 0.00342 e. The largest absolute Gasteiger partial charge is 0.0928 e. The van der Waals surface area contributed by atoms with Gasteiger partial charge in [0.2, 0.25) is 0 Å². The van der Waals surface area contributed by atoms with Crippen molar-refractivity contribution in [1.82, 2.24) is 0 Å². The van der Waals surface area contributed by atoms with Crippen molar-refractivity contribution in [2.75, 3.05) is 5.33 Å². The molecule has 0 aliphatic heterocycles. The molecule has 0 saturated carbocycles. The fourth-order valence-corrected chi connectivity index (χ4v) is 2.08. The van der Waals surface area contributed by atoms with Gasteiger partial charge in [0, 0.05) is 5.33 Å². The van der Waals surface area contributed by atoms with Gasteiger partial charge in [-0.15, -0.1) is 0 Å². The monoisotopic (exact) mass is 338 g/mol. The highest BCUT2D eigenvalue weighted by Gasteiger charge is 1.81. The van der Waals surface area contributed by atoms with Gasteiger partial charge in [-0.25, -0.2) is 0 Å². The Bertz CT molecular complexity index is 284. The van der Waals surface area contributed by atoms with Gasteiger partial charge in [-0.2, -0.15) is 0 Å². The zero-order chi connectivity index (χ0) is 14.7. The summed E-state index contributed by atoms with van der Waals surface area (Å²) in [5.74, 6) is 0. The highest BCUT2D eigenvalue weighted by Crippen LogP contribution is 2.01. The van der Waals surface area contributed by atoms with E-state index >= 15 is 0 Å². The molecule has 0 heterocycles. The molecule has 0 unspecified atom stereocenters. The quantitative estimate of drug-likeness (QED) is 0.190. The average molecular weight is 339 g/mol. The molecule has 0 radical (unpaired) electrons. The fraction of sp³-hybridized carbons (Fsp3) is 0.579. The first kappa shape index (κ1) is 19.4. The summed E-state index contributed by atoms with van der Waals surface area (Å²) in [6.45, 7) is 2.25. The van der Waals surface area contributed by atoms with Crippen LogP contribution in [0, 0.1) is 0 Å². The summed E-state index contributed by atoms with van der Waals surface area (Å²) in [6, 6.07) is 0. The number of allylic oxidation sites excluding steroid dienone is 8. The zero-order valence-electron chi connectivity index (χ0n) is 13.1. The minimum Gasteiger partial charge on any atom is -0.0928 e. The van der Waals surface area contributed by atoms with Crippen LogP contribution in [0.15, 0.2) is 48.6 Å². The van der Waals surface area contributed by atoms with Crippen LogP contribution in [0.3, 0.4) is 0 Å². The lowest BCUT2D eigenvalue weighted by Gasteiger charge is -1.90. The van der Waals surface area contributed by atoms with Crippen LogP contribution in [0.25, 0.3) is 0 Å². The van der Waals surface area contributed by atoms with E-state index < -0.39 is 0 Å². The average Bonchev–Trinajstić information content (AvgIpc) is 2.47. The molecular formula is C19H31Br. The first-order valence-electron chi connectivity index (χ1n) is 8.07. The van der Waals surface area contributed by atoms with Crippen LogP contribution < -0.4 is 0 Å². The van der Waals surface area contributed by atoms with Gasteiger partial charge in [-0.3, -0.25) is 0 Å². The van der Waals surface area contributed by atoms with Crippen LogP contribution in [0.1, 0.15) is 64.7 Å². The molecule has 0 aromatic rings. The van der Waals surface area contributed by atoms with E-state index in [9.17, 15) is 0 Å². The first-order chi connectivity index (χ1) is 9.91. The number of rotatable bonds is 13. The van der Waals surface area contributed by atoms with Crippen LogP contribution in [-0.2, 0) is 0 Å². The van der Waals surface area contributed by atoms with E-state index in [1.165, 1.54) is 38.5 Å². The Hall–Kier alpha value is -0.560. The molecule has 0 amide bonds. The zero-order valence-corrected chi connectivity index (χ0v) is 14.7. The Balaban J connectivity index is 3.36. The summed E-state index contributed by atoms with van der Waals surface area (Å²) in [6.07, 6.45) is 29.0. The standard InChI is InChI=1S/C19H31Br/c1-2-3-4-5-6-7-8-9-10-11-12-13-14-15-16-17-18-19-20/h6-7,9-10,12-13,15-16H,2-5,8,11,14,17-19H2,1H3/b7-6-,10-9+,13-12-,16-15-. The second-order valence-corrected chi connectivity index (χ2v) is 5.71. The van der Waals surface area contributed by atoms with Gasteiger partial charge in [-0.1, -0.05) is 84.3 Å². The minimum atomic E-state index is 1.05. The van der Waals surface area contributed by atoms with E-state index in [-0.39, 0.29) is 0 Å². The second kappa shape index (κ2) is 18.4. The lowest BCUT2D eigenvalue weighted by atomic mass is 10.2. The highest BCUT2D eigenvalue weighted by atomic mass is 79.9. The first-order valence-corrected chi connectivity index (χ1v) is 9.20. The van der Waals surface area contributed by atoms with Crippen molar-refractivity contribution in [2.24, 2.45) is 0 Å². The highest BCUT2D eigenvalue weighted by molar-refractivity contribution is 9.09. The maximum atomic E-state index is 3.43. The van der Waals surface area contributed by atoms with E-state index in [4.69, 9.17) is 0 Å². The maximum absolute atomic E-state index is 3.43. The van der Waals surface area contributed by atoms with Gasteiger partial charge in [0.05, 0.1) is 0 Å². The molecule has 0 N–H and O–H groups in total. The molecule has 0 fully saturated rings. The molecule has 0 atom stereocenters. The van der Waals surface area contributed by atoms with Crippen LogP contribution in [0.4, 0.5) is 0 Å². The summed E-state index contributed by atoms with van der Waals surface area (Å²) in [5, 5.41) is 1.10. The van der Waals surface area contributed by atoms with Gasteiger partial charge < -0.3 is 0 Å². The molecule has 0 spiro atoms. The van der Waals surface area contributed by atoms with Crippen molar-refractivity contribution in [3.63, 3.8) is 0 Å². The molecule has 0 bridgehead atoms. The molecule has 0 aliphatic carbocycles. The second-order valence-electron chi connectivity index (χ2n) is 4.92. The van der Waals surface area contributed by atoms with Gasteiger partial charge in [-0.05, 0) is 44.9 Å². The molecule has 114 valence electrons. The van der Waals surface area contributed by atoms with E-state index in [0.717, 1.165) is 24.6 Å².